The number of nitro benzene ring substituents is 1. The number of hydrogen-bond donors (Lipinski definition) is 1. The number of aryl methyl sites for hydroxylation is 1. The molecule has 1 aliphatic carbocycles. The number of hydrogen-bond acceptors (Lipinski definition) is 3. The number of nitrogens with one attached hydrogen (secondary N) is 1. The van der Waals surface area contributed by atoms with Crippen LogP contribution in [0.1, 0.15) is 38.2 Å². The number of nitro groups is 1. The monoisotopic (exact) mass is 326 g/mol. The summed E-state index contributed by atoms with van der Waals surface area (Å²) >= 11 is 3.44. The van der Waals surface area contributed by atoms with Gasteiger partial charge in [0.05, 0.1) is 4.92 Å². The van der Waals surface area contributed by atoms with E-state index in [2.05, 4.69) is 28.2 Å². The van der Waals surface area contributed by atoms with Crippen LogP contribution in [0.3, 0.4) is 0 Å². The molecule has 1 saturated carbocycles. The van der Waals surface area contributed by atoms with Crippen molar-refractivity contribution >= 4 is 27.3 Å². The lowest BCUT2D eigenvalue weighted by Gasteiger charge is -2.28. The molecule has 0 amide bonds. The second-order valence-electron chi connectivity index (χ2n) is 5.51. The number of benzene rings is 1. The molecular weight excluding hydrogens is 308 g/mol. The van der Waals surface area contributed by atoms with Gasteiger partial charge in [-0.15, -0.1) is 0 Å². The summed E-state index contributed by atoms with van der Waals surface area (Å²) in [6.45, 7) is 4.11. The minimum Gasteiger partial charge on any atom is -0.376 e. The molecule has 19 heavy (non-hydrogen) atoms. The Labute approximate surface area is 121 Å². The first kappa shape index (κ1) is 14.3. The largest absolute Gasteiger partial charge is 0.376 e. The van der Waals surface area contributed by atoms with Crippen molar-refractivity contribution in [3.05, 3.63) is 32.3 Å². The van der Waals surface area contributed by atoms with Gasteiger partial charge < -0.3 is 5.32 Å². The predicted molar refractivity (Wildman–Crippen MR) is 80.6 cm³/mol. The number of anilines is 1. The average Bonchev–Trinajstić information content (AvgIpc) is 2.32. The Balaban J connectivity index is 2.26. The number of rotatable bonds is 3. The standard InChI is InChI=1S/C14H19BrN2O2/c1-9-4-3-5-11(6-9)16-14-12(15)7-10(2)8-13(14)17(18)19/h7-9,11,16H,3-6H2,1-2H3/t9-,11+/m1/s1. The first-order chi connectivity index (χ1) is 8.97. The zero-order chi connectivity index (χ0) is 14.0. The van der Waals surface area contributed by atoms with Crippen LogP contribution in [0.5, 0.6) is 0 Å². The molecule has 0 spiro atoms. The quantitative estimate of drug-likeness (QED) is 0.649. The van der Waals surface area contributed by atoms with Crippen LogP contribution in [0.2, 0.25) is 0 Å². The Morgan fingerprint density at radius 1 is 1.42 bits per heavy atom. The summed E-state index contributed by atoms with van der Waals surface area (Å²) < 4.78 is 0.775. The molecule has 1 aromatic rings. The van der Waals surface area contributed by atoms with Gasteiger partial charge in [-0.05, 0) is 53.2 Å². The number of nitrogens with zero attached hydrogens (tertiary/aromatic N) is 1. The van der Waals surface area contributed by atoms with E-state index in [4.69, 9.17) is 0 Å². The lowest BCUT2D eigenvalue weighted by Crippen LogP contribution is -2.26. The van der Waals surface area contributed by atoms with Gasteiger partial charge in [0.15, 0.2) is 0 Å². The Kier molecular flexibility index (Phi) is 4.45. The normalized spacial score (nSPS) is 23.1. The lowest BCUT2D eigenvalue weighted by molar-refractivity contribution is -0.384. The molecule has 1 N–H and O–H groups in total. The van der Waals surface area contributed by atoms with Crippen LogP contribution in [-0.4, -0.2) is 11.0 Å². The van der Waals surface area contributed by atoms with Crippen molar-refractivity contribution in [1.29, 1.82) is 0 Å². The van der Waals surface area contributed by atoms with E-state index in [0.29, 0.717) is 17.6 Å². The highest BCUT2D eigenvalue weighted by molar-refractivity contribution is 9.10. The summed E-state index contributed by atoms with van der Waals surface area (Å²) in [5, 5.41) is 14.5. The van der Waals surface area contributed by atoms with Crippen molar-refractivity contribution in [2.45, 2.75) is 45.6 Å². The molecule has 0 aliphatic heterocycles. The first-order valence-corrected chi connectivity index (χ1v) is 7.47. The second kappa shape index (κ2) is 5.90. The Morgan fingerprint density at radius 2 is 2.16 bits per heavy atom. The third kappa shape index (κ3) is 3.47. The van der Waals surface area contributed by atoms with Gasteiger partial charge in [-0.2, -0.15) is 0 Å². The topological polar surface area (TPSA) is 55.2 Å². The Bertz CT molecular complexity index is 491. The molecule has 0 heterocycles. The summed E-state index contributed by atoms with van der Waals surface area (Å²) in [5.74, 6) is 0.689. The maximum atomic E-state index is 11.2. The molecule has 1 aliphatic rings. The van der Waals surface area contributed by atoms with Gasteiger partial charge in [0.1, 0.15) is 5.69 Å². The summed E-state index contributed by atoms with van der Waals surface area (Å²) in [7, 11) is 0. The Morgan fingerprint density at radius 3 is 2.79 bits per heavy atom. The van der Waals surface area contributed by atoms with Crippen LogP contribution >= 0.6 is 15.9 Å². The van der Waals surface area contributed by atoms with E-state index in [1.807, 2.05) is 13.0 Å². The molecule has 0 bridgehead atoms. The van der Waals surface area contributed by atoms with E-state index >= 15 is 0 Å². The summed E-state index contributed by atoms with van der Waals surface area (Å²) in [5.41, 5.74) is 1.67. The maximum absolute atomic E-state index is 11.2. The van der Waals surface area contributed by atoms with Gasteiger partial charge in [0.2, 0.25) is 0 Å². The van der Waals surface area contributed by atoms with Crippen LogP contribution in [0.15, 0.2) is 16.6 Å². The van der Waals surface area contributed by atoms with Crippen LogP contribution in [0, 0.1) is 23.0 Å². The zero-order valence-corrected chi connectivity index (χ0v) is 12.9. The molecule has 4 nitrogen and oxygen atoms in total. The highest BCUT2D eigenvalue weighted by Crippen LogP contribution is 2.36. The molecule has 2 atom stereocenters. The molecule has 0 aromatic heterocycles. The van der Waals surface area contributed by atoms with Crippen LogP contribution in [0.25, 0.3) is 0 Å². The van der Waals surface area contributed by atoms with E-state index < -0.39 is 0 Å². The van der Waals surface area contributed by atoms with E-state index in [1.54, 1.807) is 6.07 Å². The minimum absolute atomic E-state index is 0.158. The molecule has 0 saturated heterocycles. The average molecular weight is 327 g/mol. The molecule has 0 radical (unpaired) electrons. The van der Waals surface area contributed by atoms with Gasteiger partial charge in [-0.1, -0.05) is 19.8 Å². The van der Waals surface area contributed by atoms with Crippen molar-refractivity contribution in [2.75, 3.05) is 5.32 Å². The van der Waals surface area contributed by atoms with Crippen molar-refractivity contribution in [1.82, 2.24) is 0 Å². The minimum atomic E-state index is -0.313. The molecule has 2 rings (SSSR count). The Hall–Kier alpha value is -1.10. The highest BCUT2D eigenvalue weighted by Gasteiger charge is 2.24. The van der Waals surface area contributed by atoms with Crippen molar-refractivity contribution in [3.8, 4) is 0 Å². The predicted octanol–water partition coefficient (Wildman–Crippen LogP) is 4.66. The summed E-state index contributed by atoms with van der Waals surface area (Å²) in [6.07, 6.45) is 4.62. The molecule has 5 heteroatoms. The highest BCUT2D eigenvalue weighted by atomic mass is 79.9. The molecule has 1 aromatic carbocycles. The fourth-order valence-corrected chi connectivity index (χ4v) is 3.46. The van der Waals surface area contributed by atoms with E-state index in [9.17, 15) is 10.1 Å². The van der Waals surface area contributed by atoms with Crippen LogP contribution in [0.4, 0.5) is 11.4 Å². The second-order valence-corrected chi connectivity index (χ2v) is 6.37. The molecule has 1 fully saturated rings. The van der Waals surface area contributed by atoms with E-state index in [-0.39, 0.29) is 10.6 Å². The molecule has 0 unspecified atom stereocenters. The third-order valence-electron chi connectivity index (χ3n) is 3.70. The van der Waals surface area contributed by atoms with Gasteiger partial charge in [0.25, 0.3) is 5.69 Å². The third-order valence-corrected chi connectivity index (χ3v) is 4.32. The van der Waals surface area contributed by atoms with Crippen molar-refractivity contribution in [2.24, 2.45) is 5.92 Å². The van der Waals surface area contributed by atoms with Gasteiger partial charge >= 0.3 is 0 Å². The molecular formula is C14H19BrN2O2. The van der Waals surface area contributed by atoms with E-state index in [0.717, 1.165) is 22.9 Å². The van der Waals surface area contributed by atoms with Crippen LogP contribution in [-0.2, 0) is 0 Å². The van der Waals surface area contributed by atoms with Crippen molar-refractivity contribution < 1.29 is 4.92 Å². The number of halogens is 1. The first-order valence-electron chi connectivity index (χ1n) is 6.68. The smallest absolute Gasteiger partial charge is 0.293 e. The fraction of sp³-hybridized carbons (Fsp3) is 0.571. The molecule has 104 valence electrons. The zero-order valence-electron chi connectivity index (χ0n) is 11.3. The lowest BCUT2D eigenvalue weighted by atomic mass is 9.87. The summed E-state index contributed by atoms with van der Waals surface area (Å²) in [6, 6.07) is 3.88. The van der Waals surface area contributed by atoms with E-state index in [1.165, 1.54) is 12.8 Å². The SMILES string of the molecule is Cc1cc(Br)c(N[C@H]2CCC[C@@H](C)C2)c([N+](=O)[O-])c1. The van der Waals surface area contributed by atoms with Crippen molar-refractivity contribution in [3.63, 3.8) is 0 Å². The van der Waals surface area contributed by atoms with Gasteiger partial charge in [-0.3, -0.25) is 10.1 Å². The van der Waals surface area contributed by atoms with Crippen LogP contribution < -0.4 is 5.32 Å². The van der Waals surface area contributed by atoms with Gasteiger partial charge in [0, 0.05) is 16.6 Å². The summed E-state index contributed by atoms with van der Waals surface area (Å²) in [4.78, 5) is 10.9. The maximum Gasteiger partial charge on any atom is 0.293 e. The van der Waals surface area contributed by atoms with Gasteiger partial charge in [-0.25, -0.2) is 0 Å². The fourth-order valence-electron chi connectivity index (χ4n) is 2.78.